The largest absolute Gasteiger partial charge is 0.497 e. The minimum absolute atomic E-state index is 0.0206. The Morgan fingerprint density at radius 1 is 1.12 bits per heavy atom. The van der Waals surface area contributed by atoms with Gasteiger partial charge in [0.05, 0.1) is 19.2 Å². The van der Waals surface area contributed by atoms with Crippen LogP contribution < -0.4 is 15.4 Å². The fourth-order valence-corrected chi connectivity index (χ4v) is 2.41. The first-order valence-electron chi connectivity index (χ1n) is 8.08. The van der Waals surface area contributed by atoms with E-state index in [1.165, 1.54) is 18.2 Å². The Morgan fingerprint density at radius 3 is 2.48 bits per heavy atom. The molecule has 0 bridgehead atoms. The predicted octanol–water partition coefficient (Wildman–Crippen LogP) is 3.36. The molecule has 0 aromatic heterocycles. The molecule has 2 N–H and O–H groups in total. The van der Waals surface area contributed by atoms with Gasteiger partial charge in [-0.2, -0.15) is 0 Å². The van der Waals surface area contributed by atoms with Crippen molar-refractivity contribution in [2.45, 2.75) is 19.3 Å². The lowest BCUT2D eigenvalue weighted by Gasteiger charge is -2.10. The molecule has 130 valence electrons. The third-order valence-corrected chi connectivity index (χ3v) is 3.98. The molecule has 0 heterocycles. The SMILES string of the molecule is COc1ccc(CC(=O)Nc2ccc(F)c(NC(=O)C3CC3)c2)cc1. The number of carbonyl (C=O) groups is 2. The van der Waals surface area contributed by atoms with Crippen molar-refractivity contribution in [2.75, 3.05) is 17.7 Å². The number of anilines is 2. The summed E-state index contributed by atoms with van der Waals surface area (Å²) in [5.41, 5.74) is 1.35. The molecule has 1 aliphatic rings. The molecule has 0 radical (unpaired) electrons. The van der Waals surface area contributed by atoms with Crippen molar-refractivity contribution in [2.24, 2.45) is 5.92 Å². The van der Waals surface area contributed by atoms with E-state index in [0.29, 0.717) is 5.69 Å². The molecule has 1 fully saturated rings. The Kier molecular flexibility index (Phi) is 4.97. The fourth-order valence-electron chi connectivity index (χ4n) is 2.41. The molecule has 3 rings (SSSR count). The Hall–Kier alpha value is -2.89. The van der Waals surface area contributed by atoms with Gasteiger partial charge in [-0.3, -0.25) is 9.59 Å². The molecule has 5 nitrogen and oxygen atoms in total. The van der Waals surface area contributed by atoms with E-state index in [-0.39, 0.29) is 29.8 Å². The van der Waals surface area contributed by atoms with Crippen molar-refractivity contribution in [3.05, 3.63) is 53.8 Å². The number of hydrogen-bond acceptors (Lipinski definition) is 3. The Morgan fingerprint density at radius 2 is 1.84 bits per heavy atom. The van der Waals surface area contributed by atoms with Crippen LogP contribution in [0.3, 0.4) is 0 Å². The second-order valence-electron chi connectivity index (χ2n) is 6.03. The van der Waals surface area contributed by atoms with E-state index in [4.69, 9.17) is 4.74 Å². The van der Waals surface area contributed by atoms with Crippen molar-refractivity contribution in [1.82, 2.24) is 0 Å². The van der Waals surface area contributed by atoms with Crippen molar-refractivity contribution in [1.29, 1.82) is 0 Å². The van der Waals surface area contributed by atoms with Crippen LogP contribution in [0.4, 0.5) is 15.8 Å². The van der Waals surface area contributed by atoms with Gasteiger partial charge >= 0.3 is 0 Å². The number of amides is 2. The molecule has 6 heteroatoms. The van der Waals surface area contributed by atoms with E-state index in [2.05, 4.69) is 10.6 Å². The van der Waals surface area contributed by atoms with Crippen molar-refractivity contribution in [3.63, 3.8) is 0 Å². The summed E-state index contributed by atoms with van der Waals surface area (Å²) in [6.07, 6.45) is 1.86. The lowest BCUT2D eigenvalue weighted by atomic mass is 10.1. The van der Waals surface area contributed by atoms with Gasteiger partial charge in [0.15, 0.2) is 0 Å². The van der Waals surface area contributed by atoms with Crippen molar-refractivity contribution >= 4 is 23.2 Å². The second-order valence-corrected chi connectivity index (χ2v) is 6.03. The molecule has 1 aliphatic carbocycles. The maximum Gasteiger partial charge on any atom is 0.228 e. The highest BCUT2D eigenvalue weighted by molar-refractivity contribution is 5.96. The summed E-state index contributed by atoms with van der Waals surface area (Å²) in [7, 11) is 1.58. The van der Waals surface area contributed by atoms with Gasteiger partial charge in [0.1, 0.15) is 11.6 Å². The minimum Gasteiger partial charge on any atom is -0.497 e. The topological polar surface area (TPSA) is 67.4 Å². The van der Waals surface area contributed by atoms with Gasteiger partial charge in [-0.15, -0.1) is 0 Å². The first kappa shape index (κ1) is 17.0. The highest BCUT2D eigenvalue weighted by atomic mass is 19.1. The smallest absolute Gasteiger partial charge is 0.228 e. The molecule has 1 saturated carbocycles. The van der Waals surface area contributed by atoms with Crippen LogP contribution in [0.5, 0.6) is 5.75 Å². The second kappa shape index (κ2) is 7.34. The van der Waals surface area contributed by atoms with Gasteiger partial charge < -0.3 is 15.4 Å². The molecule has 2 aromatic carbocycles. The first-order chi connectivity index (χ1) is 12.0. The Bertz CT molecular complexity index is 786. The normalized spacial score (nSPS) is 13.2. The summed E-state index contributed by atoms with van der Waals surface area (Å²) >= 11 is 0. The van der Waals surface area contributed by atoms with Gasteiger partial charge in [-0.1, -0.05) is 12.1 Å². The van der Waals surface area contributed by atoms with Gasteiger partial charge in [-0.25, -0.2) is 4.39 Å². The molecule has 0 atom stereocenters. The number of ether oxygens (including phenoxy) is 1. The summed E-state index contributed by atoms with van der Waals surface area (Å²) in [4.78, 5) is 23.9. The third-order valence-electron chi connectivity index (χ3n) is 3.98. The maximum atomic E-state index is 13.8. The number of rotatable bonds is 6. The summed E-state index contributed by atoms with van der Waals surface area (Å²) in [6.45, 7) is 0. The molecule has 25 heavy (non-hydrogen) atoms. The standard InChI is InChI=1S/C19H19FN2O3/c1-25-15-7-2-12(3-8-15)10-18(23)21-14-6-9-16(20)17(11-14)22-19(24)13-4-5-13/h2-3,6-9,11,13H,4-5,10H2,1H3,(H,21,23)(H,22,24). The number of hydrogen-bond donors (Lipinski definition) is 2. The molecule has 0 unspecified atom stereocenters. The van der Waals surface area contributed by atoms with E-state index >= 15 is 0 Å². The average Bonchev–Trinajstić information content (AvgIpc) is 3.43. The van der Waals surface area contributed by atoms with E-state index in [0.717, 1.165) is 24.2 Å². The number of halogens is 1. The Balaban J connectivity index is 1.62. The lowest BCUT2D eigenvalue weighted by Crippen LogP contribution is -2.16. The summed E-state index contributed by atoms with van der Waals surface area (Å²) in [5, 5.41) is 5.29. The maximum absolute atomic E-state index is 13.8. The predicted molar refractivity (Wildman–Crippen MR) is 93.1 cm³/mol. The molecule has 0 aliphatic heterocycles. The quantitative estimate of drug-likeness (QED) is 0.846. The van der Waals surface area contributed by atoms with Crippen LogP contribution in [-0.4, -0.2) is 18.9 Å². The molecule has 2 aromatic rings. The van der Waals surface area contributed by atoms with Crippen LogP contribution in [0.15, 0.2) is 42.5 Å². The lowest BCUT2D eigenvalue weighted by molar-refractivity contribution is -0.117. The third kappa shape index (κ3) is 4.56. The number of benzene rings is 2. The number of carbonyl (C=O) groups excluding carboxylic acids is 2. The van der Waals surface area contributed by atoms with Gasteiger partial charge in [0, 0.05) is 11.6 Å². The van der Waals surface area contributed by atoms with Crippen LogP contribution >= 0.6 is 0 Å². The highest BCUT2D eigenvalue weighted by Gasteiger charge is 2.30. The number of nitrogens with one attached hydrogen (secondary N) is 2. The zero-order chi connectivity index (χ0) is 17.8. The van der Waals surface area contributed by atoms with Gasteiger partial charge in [0.25, 0.3) is 0 Å². The summed E-state index contributed by atoms with van der Waals surface area (Å²) < 4.78 is 18.9. The molecule has 0 saturated heterocycles. The van der Waals surface area contributed by atoms with Crippen LogP contribution in [0.1, 0.15) is 18.4 Å². The van der Waals surface area contributed by atoms with E-state index < -0.39 is 5.82 Å². The molecule has 0 spiro atoms. The monoisotopic (exact) mass is 342 g/mol. The van der Waals surface area contributed by atoms with Crippen LogP contribution in [0, 0.1) is 11.7 Å². The van der Waals surface area contributed by atoms with Crippen molar-refractivity contribution < 1.29 is 18.7 Å². The average molecular weight is 342 g/mol. The van der Waals surface area contributed by atoms with Crippen LogP contribution in [0.25, 0.3) is 0 Å². The van der Waals surface area contributed by atoms with E-state index in [1.54, 1.807) is 19.2 Å². The van der Waals surface area contributed by atoms with Crippen LogP contribution in [0.2, 0.25) is 0 Å². The van der Waals surface area contributed by atoms with Crippen molar-refractivity contribution in [3.8, 4) is 5.75 Å². The zero-order valence-electron chi connectivity index (χ0n) is 13.8. The Labute approximate surface area is 145 Å². The first-order valence-corrected chi connectivity index (χ1v) is 8.08. The van der Waals surface area contributed by atoms with E-state index in [1.807, 2.05) is 12.1 Å². The zero-order valence-corrected chi connectivity index (χ0v) is 13.8. The van der Waals surface area contributed by atoms with Crippen LogP contribution in [-0.2, 0) is 16.0 Å². The molecular weight excluding hydrogens is 323 g/mol. The van der Waals surface area contributed by atoms with Gasteiger partial charge in [0.2, 0.25) is 11.8 Å². The highest BCUT2D eigenvalue weighted by Crippen LogP contribution is 2.31. The van der Waals surface area contributed by atoms with E-state index in [9.17, 15) is 14.0 Å². The molecular formula is C19H19FN2O3. The van der Waals surface area contributed by atoms with Gasteiger partial charge in [-0.05, 0) is 48.7 Å². The minimum atomic E-state index is -0.526. The fraction of sp³-hybridized carbons (Fsp3) is 0.263. The summed E-state index contributed by atoms with van der Waals surface area (Å²) in [5.74, 6) is -0.231. The molecule has 2 amide bonds. The summed E-state index contributed by atoms with van der Waals surface area (Å²) in [6, 6.07) is 11.3. The number of methoxy groups -OCH3 is 1.